The molecule has 1 aromatic carbocycles. The standard InChI is InChI=1S/C17H25ClFN3O/c1-17(2,3)22-8-7-13(11-22)20-10-15(23)21-9-12-5-4-6-14(18)16(12)19/h4-6,13,20H,7-11H2,1-3H3,(H,21,23)/t13-/m0/s1. The molecule has 0 spiro atoms. The van der Waals surface area contributed by atoms with Crippen LogP contribution in [0.25, 0.3) is 0 Å². The lowest BCUT2D eigenvalue weighted by atomic mass is 10.1. The molecule has 1 amide bonds. The Balaban J connectivity index is 1.73. The van der Waals surface area contributed by atoms with Crippen LogP contribution in [-0.4, -0.2) is 42.0 Å². The topological polar surface area (TPSA) is 44.4 Å². The van der Waals surface area contributed by atoms with Gasteiger partial charge in [0.1, 0.15) is 5.82 Å². The first-order valence-electron chi connectivity index (χ1n) is 7.95. The van der Waals surface area contributed by atoms with Crippen LogP contribution < -0.4 is 10.6 Å². The van der Waals surface area contributed by atoms with Crippen LogP contribution in [0, 0.1) is 5.82 Å². The van der Waals surface area contributed by atoms with Gasteiger partial charge in [-0.1, -0.05) is 23.7 Å². The summed E-state index contributed by atoms with van der Waals surface area (Å²) in [4.78, 5) is 14.3. The minimum absolute atomic E-state index is 0.0723. The summed E-state index contributed by atoms with van der Waals surface area (Å²) in [6.07, 6.45) is 1.04. The predicted molar refractivity (Wildman–Crippen MR) is 91.0 cm³/mol. The number of nitrogens with one attached hydrogen (secondary N) is 2. The first-order chi connectivity index (χ1) is 10.8. The molecule has 0 saturated carbocycles. The van der Waals surface area contributed by atoms with Crippen LogP contribution in [0.2, 0.25) is 5.02 Å². The molecule has 1 aliphatic rings. The number of carbonyl (C=O) groups excluding carboxylic acids is 1. The first kappa shape index (κ1) is 18.2. The Bertz CT molecular complexity index is 559. The van der Waals surface area contributed by atoms with Gasteiger partial charge in [0.25, 0.3) is 0 Å². The number of amides is 1. The highest BCUT2D eigenvalue weighted by atomic mass is 35.5. The van der Waals surface area contributed by atoms with E-state index in [1.165, 1.54) is 6.07 Å². The third-order valence-electron chi connectivity index (χ3n) is 4.20. The molecule has 0 radical (unpaired) electrons. The predicted octanol–water partition coefficient (Wildman–Crippen LogP) is 2.56. The molecule has 2 rings (SSSR count). The van der Waals surface area contributed by atoms with Crippen molar-refractivity contribution in [2.45, 2.75) is 45.3 Å². The minimum Gasteiger partial charge on any atom is -0.351 e. The van der Waals surface area contributed by atoms with Crippen LogP contribution in [0.15, 0.2) is 18.2 Å². The number of nitrogens with zero attached hydrogens (tertiary/aromatic N) is 1. The van der Waals surface area contributed by atoms with E-state index < -0.39 is 5.82 Å². The summed E-state index contributed by atoms with van der Waals surface area (Å²) in [5, 5.41) is 6.06. The van der Waals surface area contributed by atoms with Gasteiger partial charge in [0.15, 0.2) is 0 Å². The van der Waals surface area contributed by atoms with Crippen molar-refractivity contribution < 1.29 is 9.18 Å². The highest BCUT2D eigenvalue weighted by Gasteiger charge is 2.29. The quantitative estimate of drug-likeness (QED) is 0.865. The third kappa shape index (κ3) is 5.16. The van der Waals surface area contributed by atoms with Crippen LogP contribution in [0.1, 0.15) is 32.8 Å². The molecule has 2 N–H and O–H groups in total. The molecule has 6 heteroatoms. The highest BCUT2D eigenvalue weighted by Crippen LogP contribution is 2.20. The minimum atomic E-state index is -0.473. The zero-order valence-corrected chi connectivity index (χ0v) is 14.7. The number of hydrogen-bond donors (Lipinski definition) is 2. The van der Waals surface area contributed by atoms with E-state index in [-0.39, 0.29) is 29.6 Å². The number of carbonyl (C=O) groups is 1. The van der Waals surface area contributed by atoms with Gasteiger partial charge in [-0.15, -0.1) is 0 Å². The molecule has 1 saturated heterocycles. The number of likely N-dealkylation sites (tertiary alicyclic amines) is 1. The van der Waals surface area contributed by atoms with Crippen molar-refractivity contribution in [1.82, 2.24) is 15.5 Å². The van der Waals surface area contributed by atoms with Gasteiger partial charge < -0.3 is 10.6 Å². The maximum atomic E-state index is 13.7. The molecule has 1 fully saturated rings. The molecule has 0 aromatic heterocycles. The molecular weight excluding hydrogens is 317 g/mol. The second-order valence-electron chi connectivity index (χ2n) is 6.97. The molecule has 23 heavy (non-hydrogen) atoms. The number of halogens is 2. The van der Waals surface area contributed by atoms with Gasteiger partial charge in [-0.2, -0.15) is 0 Å². The van der Waals surface area contributed by atoms with Crippen molar-refractivity contribution in [2.24, 2.45) is 0 Å². The van der Waals surface area contributed by atoms with Gasteiger partial charge in [0.2, 0.25) is 5.91 Å². The molecular formula is C17H25ClFN3O. The van der Waals surface area contributed by atoms with E-state index in [1.54, 1.807) is 12.1 Å². The van der Waals surface area contributed by atoms with E-state index in [0.29, 0.717) is 11.6 Å². The molecule has 0 aliphatic carbocycles. The summed E-state index contributed by atoms with van der Waals surface area (Å²) >= 11 is 5.72. The van der Waals surface area contributed by atoms with Crippen LogP contribution in [0.3, 0.4) is 0 Å². The zero-order chi connectivity index (χ0) is 17.0. The van der Waals surface area contributed by atoms with E-state index in [4.69, 9.17) is 11.6 Å². The first-order valence-corrected chi connectivity index (χ1v) is 8.33. The van der Waals surface area contributed by atoms with Gasteiger partial charge in [-0.25, -0.2) is 4.39 Å². The molecule has 0 bridgehead atoms. The smallest absolute Gasteiger partial charge is 0.234 e. The fourth-order valence-corrected chi connectivity index (χ4v) is 2.91. The van der Waals surface area contributed by atoms with Crippen LogP contribution in [0.4, 0.5) is 4.39 Å². The SMILES string of the molecule is CC(C)(C)N1CC[C@H](NCC(=O)NCc2cccc(Cl)c2F)C1. The Kier molecular flexibility index (Phi) is 6.00. The highest BCUT2D eigenvalue weighted by molar-refractivity contribution is 6.30. The second-order valence-corrected chi connectivity index (χ2v) is 7.38. The van der Waals surface area contributed by atoms with Crippen LogP contribution >= 0.6 is 11.6 Å². The zero-order valence-electron chi connectivity index (χ0n) is 14.0. The summed E-state index contributed by atoms with van der Waals surface area (Å²) in [5.41, 5.74) is 0.550. The van der Waals surface area contributed by atoms with Crippen molar-refractivity contribution in [2.75, 3.05) is 19.6 Å². The van der Waals surface area contributed by atoms with E-state index in [9.17, 15) is 9.18 Å². The average molecular weight is 342 g/mol. The van der Waals surface area contributed by atoms with Gasteiger partial charge in [0, 0.05) is 36.8 Å². The Morgan fingerprint density at radius 2 is 2.17 bits per heavy atom. The fourth-order valence-electron chi connectivity index (χ4n) is 2.71. The van der Waals surface area contributed by atoms with Crippen molar-refractivity contribution in [3.8, 4) is 0 Å². The summed E-state index contributed by atoms with van der Waals surface area (Å²) < 4.78 is 13.7. The lowest BCUT2D eigenvalue weighted by molar-refractivity contribution is -0.120. The van der Waals surface area contributed by atoms with E-state index >= 15 is 0 Å². The molecule has 0 unspecified atom stereocenters. The Morgan fingerprint density at radius 1 is 1.43 bits per heavy atom. The average Bonchev–Trinajstić information content (AvgIpc) is 2.96. The normalized spacial score (nSPS) is 19.1. The lowest BCUT2D eigenvalue weighted by Crippen LogP contribution is -2.44. The fraction of sp³-hybridized carbons (Fsp3) is 0.588. The van der Waals surface area contributed by atoms with Gasteiger partial charge >= 0.3 is 0 Å². The summed E-state index contributed by atoms with van der Waals surface area (Å²) in [6.45, 7) is 8.96. The molecule has 4 nitrogen and oxygen atoms in total. The molecule has 1 aliphatic heterocycles. The number of hydrogen-bond acceptors (Lipinski definition) is 3. The Labute approximate surface area is 142 Å². The van der Waals surface area contributed by atoms with Crippen molar-refractivity contribution in [3.63, 3.8) is 0 Å². The second kappa shape index (κ2) is 7.60. The van der Waals surface area contributed by atoms with Gasteiger partial charge in [0.05, 0.1) is 11.6 Å². The molecule has 1 atom stereocenters. The maximum Gasteiger partial charge on any atom is 0.234 e. The van der Waals surface area contributed by atoms with E-state index in [1.807, 2.05) is 0 Å². The van der Waals surface area contributed by atoms with E-state index in [2.05, 4.69) is 36.3 Å². The van der Waals surface area contributed by atoms with E-state index in [0.717, 1.165) is 19.5 Å². The third-order valence-corrected chi connectivity index (χ3v) is 4.49. The summed E-state index contributed by atoms with van der Waals surface area (Å²) in [5.74, 6) is -0.613. The van der Waals surface area contributed by atoms with Gasteiger partial charge in [-0.3, -0.25) is 9.69 Å². The van der Waals surface area contributed by atoms with Crippen molar-refractivity contribution >= 4 is 17.5 Å². The number of rotatable bonds is 5. The molecule has 1 aromatic rings. The van der Waals surface area contributed by atoms with Crippen molar-refractivity contribution in [1.29, 1.82) is 0 Å². The number of benzene rings is 1. The Hall–Kier alpha value is -1.17. The summed E-state index contributed by atoms with van der Waals surface area (Å²) in [6, 6.07) is 5.10. The van der Waals surface area contributed by atoms with Crippen molar-refractivity contribution in [3.05, 3.63) is 34.6 Å². The Morgan fingerprint density at radius 3 is 2.83 bits per heavy atom. The lowest BCUT2D eigenvalue weighted by Gasteiger charge is -2.31. The molecule has 1 heterocycles. The molecule has 128 valence electrons. The maximum absolute atomic E-state index is 13.7. The largest absolute Gasteiger partial charge is 0.351 e. The van der Waals surface area contributed by atoms with Gasteiger partial charge in [-0.05, 0) is 33.3 Å². The summed E-state index contributed by atoms with van der Waals surface area (Å²) in [7, 11) is 0. The monoisotopic (exact) mass is 341 g/mol. The van der Waals surface area contributed by atoms with Crippen LogP contribution in [-0.2, 0) is 11.3 Å². The van der Waals surface area contributed by atoms with Crippen LogP contribution in [0.5, 0.6) is 0 Å².